The van der Waals surface area contributed by atoms with Crippen LogP contribution >= 0.6 is 0 Å². The van der Waals surface area contributed by atoms with Gasteiger partial charge in [-0.05, 0) is 37.3 Å². The van der Waals surface area contributed by atoms with Gasteiger partial charge in [-0.25, -0.2) is 0 Å². The van der Waals surface area contributed by atoms with E-state index in [1.807, 2.05) is 0 Å². The van der Waals surface area contributed by atoms with Gasteiger partial charge in [-0.1, -0.05) is 41.0 Å². The molecule has 0 bridgehead atoms. The van der Waals surface area contributed by atoms with Crippen molar-refractivity contribution in [3.05, 3.63) is 0 Å². The third-order valence-electron chi connectivity index (χ3n) is 2.63. The highest BCUT2D eigenvalue weighted by atomic mass is 14.8. The van der Waals surface area contributed by atoms with Crippen molar-refractivity contribution in [3.8, 4) is 0 Å². The second kappa shape index (κ2) is 6.42. The Kier molecular flexibility index (Phi) is 6.40. The van der Waals surface area contributed by atoms with Gasteiger partial charge in [0.1, 0.15) is 0 Å². The largest absolute Gasteiger partial charge is 0.317 e. The Morgan fingerprint density at radius 1 is 1.15 bits per heavy atom. The first-order valence-electron chi connectivity index (χ1n) is 5.68. The quantitative estimate of drug-likeness (QED) is 0.599. The molecule has 0 aromatic rings. The maximum absolute atomic E-state index is 3.39. The molecule has 0 aliphatic rings. The predicted molar refractivity (Wildman–Crippen MR) is 61.0 cm³/mol. The number of hydrogen-bond acceptors (Lipinski definition) is 1. The SMILES string of the molecule is CCNCCC(C)(C)CCC(C)C. The number of rotatable bonds is 7. The number of hydrogen-bond donors (Lipinski definition) is 1. The second-order valence-electron chi connectivity index (χ2n) is 5.20. The van der Waals surface area contributed by atoms with Crippen molar-refractivity contribution < 1.29 is 0 Å². The highest BCUT2D eigenvalue weighted by Crippen LogP contribution is 2.27. The molecule has 80 valence electrons. The number of nitrogens with one attached hydrogen (secondary N) is 1. The van der Waals surface area contributed by atoms with Gasteiger partial charge in [-0.15, -0.1) is 0 Å². The first-order chi connectivity index (χ1) is 5.98. The summed E-state index contributed by atoms with van der Waals surface area (Å²) in [6, 6.07) is 0. The van der Waals surface area contributed by atoms with E-state index in [0.717, 1.165) is 12.5 Å². The van der Waals surface area contributed by atoms with Crippen LogP contribution in [0, 0.1) is 11.3 Å². The molecule has 0 radical (unpaired) electrons. The molecule has 0 aliphatic carbocycles. The smallest absolute Gasteiger partial charge is 0.00439 e. The van der Waals surface area contributed by atoms with Crippen LogP contribution in [-0.2, 0) is 0 Å². The fourth-order valence-corrected chi connectivity index (χ4v) is 1.41. The van der Waals surface area contributed by atoms with E-state index in [1.165, 1.54) is 25.8 Å². The maximum atomic E-state index is 3.39. The molecule has 0 saturated heterocycles. The normalized spacial score (nSPS) is 12.5. The average molecular weight is 185 g/mol. The lowest BCUT2D eigenvalue weighted by Gasteiger charge is -2.25. The zero-order valence-electron chi connectivity index (χ0n) is 10.1. The molecule has 0 amide bonds. The van der Waals surface area contributed by atoms with Crippen molar-refractivity contribution in [3.63, 3.8) is 0 Å². The molecule has 0 atom stereocenters. The molecular weight excluding hydrogens is 158 g/mol. The molecule has 0 aromatic carbocycles. The van der Waals surface area contributed by atoms with E-state index in [2.05, 4.69) is 39.9 Å². The van der Waals surface area contributed by atoms with Crippen molar-refractivity contribution >= 4 is 0 Å². The second-order valence-corrected chi connectivity index (χ2v) is 5.20. The van der Waals surface area contributed by atoms with Crippen molar-refractivity contribution in [1.29, 1.82) is 0 Å². The summed E-state index contributed by atoms with van der Waals surface area (Å²) in [4.78, 5) is 0. The van der Waals surface area contributed by atoms with Crippen LogP contribution < -0.4 is 5.32 Å². The van der Waals surface area contributed by atoms with Crippen molar-refractivity contribution in [1.82, 2.24) is 5.32 Å². The zero-order valence-corrected chi connectivity index (χ0v) is 10.1. The van der Waals surface area contributed by atoms with Crippen molar-refractivity contribution in [2.45, 2.75) is 53.9 Å². The Hall–Kier alpha value is -0.0400. The summed E-state index contributed by atoms with van der Waals surface area (Å²) < 4.78 is 0. The summed E-state index contributed by atoms with van der Waals surface area (Å²) in [7, 11) is 0. The highest BCUT2D eigenvalue weighted by molar-refractivity contribution is 4.70. The minimum absolute atomic E-state index is 0.520. The van der Waals surface area contributed by atoms with Gasteiger partial charge < -0.3 is 5.32 Å². The minimum Gasteiger partial charge on any atom is -0.317 e. The van der Waals surface area contributed by atoms with Crippen molar-refractivity contribution in [2.24, 2.45) is 11.3 Å². The molecule has 0 spiro atoms. The topological polar surface area (TPSA) is 12.0 Å². The van der Waals surface area contributed by atoms with Crippen LogP contribution in [0.1, 0.15) is 53.9 Å². The molecule has 1 N–H and O–H groups in total. The fraction of sp³-hybridized carbons (Fsp3) is 1.00. The van der Waals surface area contributed by atoms with Gasteiger partial charge in [0.25, 0.3) is 0 Å². The molecule has 0 aromatic heterocycles. The van der Waals surface area contributed by atoms with E-state index in [-0.39, 0.29) is 0 Å². The predicted octanol–water partition coefficient (Wildman–Crippen LogP) is 3.45. The standard InChI is InChI=1S/C12H27N/c1-6-13-10-9-12(4,5)8-7-11(2)3/h11,13H,6-10H2,1-5H3. The van der Waals surface area contributed by atoms with E-state index in [1.54, 1.807) is 0 Å². The van der Waals surface area contributed by atoms with Gasteiger partial charge in [0, 0.05) is 0 Å². The summed E-state index contributed by atoms with van der Waals surface area (Å²) in [5.74, 6) is 0.846. The van der Waals surface area contributed by atoms with Crippen LogP contribution in [0.25, 0.3) is 0 Å². The molecule has 0 fully saturated rings. The van der Waals surface area contributed by atoms with E-state index in [9.17, 15) is 0 Å². The fourth-order valence-electron chi connectivity index (χ4n) is 1.41. The van der Waals surface area contributed by atoms with Crippen LogP contribution in [0.2, 0.25) is 0 Å². The summed E-state index contributed by atoms with van der Waals surface area (Å²) in [6.07, 6.45) is 4.02. The van der Waals surface area contributed by atoms with Crippen LogP contribution in [0.4, 0.5) is 0 Å². The van der Waals surface area contributed by atoms with Gasteiger partial charge in [-0.2, -0.15) is 0 Å². The Balaban J connectivity index is 3.54. The molecule has 0 rings (SSSR count). The van der Waals surface area contributed by atoms with E-state index in [4.69, 9.17) is 0 Å². The Morgan fingerprint density at radius 2 is 1.77 bits per heavy atom. The van der Waals surface area contributed by atoms with Gasteiger partial charge in [0.05, 0.1) is 0 Å². The molecular formula is C12H27N. The van der Waals surface area contributed by atoms with Crippen molar-refractivity contribution in [2.75, 3.05) is 13.1 Å². The first kappa shape index (κ1) is 13.0. The maximum Gasteiger partial charge on any atom is -0.00439 e. The highest BCUT2D eigenvalue weighted by Gasteiger charge is 2.17. The summed E-state index contributed by atoms with van der Waals surface area (Å²) in [5, 5.41) is 3.39. The summed E-state index contributed by atoms with van der Waals surface area (Å²) >= 11 is 0. The molecule has 13 heavy (non-hydrogen) atoms. The van der Waals surface area contributed by atoms with Crippen LogP contribution in [0.3, 0.4) is 0 Å². The molecule has 0 saturated carbocycles. The Morgan fingerprint density at radius 3 is 2.23 bits per heavy atom. The van der Waals surface area contributed by atoms with E-state index in [0.29, 0.717) is 5.41 Å². The zero-order chi connectivity index (χ0) is 10.3. The van der Waals surface area contributed by atoms with Crippen LogP contribution in [0.5, 0.6) is 0 Å². The Bertz CT molecular complexity index is 116. The third-order valence-corrected chi connectivity index (χ3v) is 2.63. The monoisotopic (exact) mass is 185 g/mol. The van der Waals surface area contributed by atoms with Gasteiger partial charge >= 0.3 is 0 Å². The third kappa shape index (κ3) is 8.29. The van der Waals surface area contributed by atoms with E-state index >= 15 is 0 Å². The van der Waals surface area contributed by atoms with Gasteiger partial charge in [0.15, 0.2) is 0 Å². The van der Waals surface area contributed by atoms with Crippen LogP contribution in [0.15, 0.2) is 0 Å². The lowest BCUT2D eigenvalue weighted by atomic mass is 9.82. The lowest BCUT2D eigenvalue weighted by molar-refractivity contribution is 0.278. The van der Waals surface area contributed by atoms with Gasteiger partial charge in [0.2, 0.25) is 0 Å². The Labute approximate surface area is 84.3 Å². The molecule has 0 heterocycles. The average Bonchev–Trinajstić information content (AvgIpc) is 2.02. The lowest BCUT2D eigenvalue weighted by Crippen LogP contribution is -2.22. The minimum atomic E-state index is 0.520. The van der Waals surface area contributed by atoms with Gasteiger partial charge in [-0.3, -0.25) is 0 Å². The van der Waals surface area contributed by atoms with Crippen LogP contribution in [-0.4, -0.2) is 13.1 Å². The first-order valence-corrected chi connectivity index (χ1v) is 5.68. The molecule has 1 nitrogen and oxygen atoms in total. The molecule has 0 unspecified atom stereocenters. The van der Waals surface area contributed by atoms with E-state index < -0.39 is 0 Å². The molecule has 1 heteroatoms. The summed E-state index contributed by atoms with van der Waals surface area (Å²) in [6.45, 7) is 13.8. The molecule has 0 aliphatic heterocycles. The summed E-state index contributed by atoms with van der Waals surface area (Å²) in [5.41, 5.74) is 0.520.